The Morgan fingerprint density at radius 3 is 2.88 bits per heavy atom. The van der Waals surface area contributed by atoms with Gasteiger partial charge in [0.05, 0.1) is 11.2 Å². The first-order valence-electron chi connectivity index (χ1n) is 5.79. The number of rotatable bonds is 5. The van der Waals surface area contributed by atoms with Gasteiger partial charge in [-0.3, -0.25) is 4.68 Å². The third-order valence-corrected chi connectivity index (χ3v) is 3.88. The third-order valence-electron chi connectivity index (χ3n) is 2.78. The van der Waals surface area contributed by atoms with Crippen molar-refractivity contribution in [3.8, 4) is 0 Å². The number of aryl methyl sites for hydroxylation is 1. The average molecular weight is 250 g/mol. The number of nitrogens with zero attached hydrogens (tertiary/aromatic N) is 3. The predicted molar refractivity (Wildman–Crippen MR) is 69.9 cm³/mol. The maximum Gasteiger partial charge on any atom is 0.112 e. The van der Waals surface area contributed by atoms with E-state index in [2.05, 4.69) is 42.2 Å². The van der Waals surface area contributed by atoms with Crippen molar-refractivity contribution in [2.45, 2.75) is 39.4 Å². The lowest BCUT2D eigenvalue weighted by Crippen LogP contribution is -2.36. The van der Waals surface area contributed by atoms with Crippen LogP contribution in [0.5, 0.6) is 0 Å². The standard InChI is InChI=1S/C12H18N4S/c1-4-16-10(5-6-15-16)9-14-12(2,3)11-13-7-8-17-11/h5-8,14H,4,9H2,1-3H3. The van der Waals surface area contributed by atoms with Gasteiger partial charge in [-0.1, -0.05) is 0 Å². The quantitative estimate of drug-likeness (QED) is 0.886. The van der Waals surface area contributed by atoms with E-state index in [1.807, 2.05) is 22.5 Å². The molecule has 2 rings (SSSR count). The molecular weight excluding hydrogens is 232 g/mol. The number of thiazole rings is 1. The van der Waals surface area contributed by atoms with Crippen LogP contribution in [0.15, 0.2) is 23.8 Å². The number of hydrogen-bond acceptors (Lipinski definition) is 4. The first-order valence-corrected chi connectivity index (χ1v) is 6.67. The topological polar surface area (TPSA) is 42.7 Å². The highest BCUT2D eigenvalue weighted by molar-refractivity contribution is 7.09. The van der Waals surface area contributed by atoms with E-state index in [1.54, 1.807) is 11.3 Å². The van der Waals surface area contributed by atoms with Gasteiger partial charge in [-0.2, -0.15) is 5.10 Å². The second kappa shape index (κ2) is 4.98. The van der Waals surface area contributed by atoms with E-state index in [9.17, 15) is 0 Å². The Hall–Kier alpha value is -1.20. The Labute approximate surface area is 106 Å². The van der Waals surface area contributed by atoms with E-state index >= 15 is 0 Å². The molecule has 0 fully saturated rings. The van der Waals surface area contributed by atoms with Crippen molar-refractivity contribution in [1.82, 2.24) is 20.1 Å². The van der Waals surface area contributed by atoms with Crippen LogP contribution in [0.1, 0.15) is 31.5 Å². The van der Waals surface area contributed by atoms with E-state index in [1.165, 1.54) is 5.69 Å². The van der Waals surface area contributed by atoms with Crippen molar-refractivity contribution in [3.05, 3.63) is 34.5 Å². The fraction of sp³-hybridized carbons (Fsp3) is 0.500. The molecule has 0 aliphatic carbocycles. The van der Waals surface area contributed by atoms with Crippen molar-refractivity contribution in [2.75, 3.05) is 0 Å². The molecule has 0 saturated carbocycles. The normalized spacial score (nSPS) is 11.9. The van der Waals surface area contributed by atoms with Crippen molar-refractivity contribution < 1.29 is 0 Å². The third kappa shape index (κ3) is 2.73. The van der Waals surface area contributed by atoms with E-state index in [0.29, 0.717) is 0 Å². The van der Waals surface area contributed by atoms with Crippen LogP contribution in [0, 0.1) is 0 Å². The summed E-state index contributed by atoms with van der Waals surface area (Å²) in [5.41, 5.74) is 1.11. The lowest BCUT2D eigenvalue weighted by Gasteiger charge is -2.24. The molecule has 0 aliphatic heterocycles. The van der Waals surface area contributed by atoms with Gasteiger partial charge >= 0.3 is 0 Å². The first-order chi connectivity index (χ1) is 8.13. The molecule has 2 aromatic heterocycles. The molecule has 0 aromatic carbocycles. The smallest absolute Gasteiger partial charge is 0.112 e. The van der Waals surface area contributed by atoms with Crippen molar-refractivity contribution in [1.29, 1.82) is 0 Å². The van der Waals surface area contributed by atoms with Gasteiger partial charge in [-0.15, -0.1) is 11.3 Å². The summed E-state index contributed by atoms with van der Waals surface area (Å²) in [7, 11) is 0. The minimum Gasteiger partial charge on any atom is -0.300 e. The van der Waals surface area contributed by atoms with Crippen LogP contribution in [0.25, 0.3) is 0 Å². The molecule has 0 atom stereocenters. The number of aromatic nitrogens is 3. The summed E-state index contributed by atoms with van der Waals surface area (Å²) < 4.78 is 2.00. The molecule has 0 aliphatic rings. The van der Waals surface area contributed by atoms with Crippen molar-refractivity contribution in [3.63, 3.8) is 0 Å². The van der Waals surface area contributed by atoms with Gasteiger partial charge in [0.25, 0.3) is 0 Å². The van der Waals surface area contributed by atoms with Crippen LogP contribution >= 0.6 is 11.3 Å². The van der Waals surface area contributed by atoms with Gasteiger partial charge in [0.15, 0.2) is 0 Å². The zero-order chi connectivity index (χ0) is 12.3. The summed E-state index contributed by atoms with van der Waals surface area (Å²) in [6, 6.07) is 2.05. The molecule has 4 nitrogen and oxygen atoms in total. The van der Waals surface area contributed by atoms with Crippen LogP contribution < -0.4 is 5.32 Å². The molecule has 2 aromatic rings. The molecule has 0 amide bonds. The molecule has 0 spiro atoms. The number of hydrogen-bond donors (Lipinski definition) is 1. The average Bonchev–Trinajstić information content (AvgIpc) is 2.97. The Balaban J connectivity index is 2.03. The van der Waals surface area contributed by atoms with Crippen LogP contribution in [-0.4, -0.2) is 14.8 Å². The summed E-state index contributed by atoms with van der Waals surface area (Å²) in [4.78, 5) is 4.36. The molecule has 17 heavy (non-hydrogen) atoms. The molecule has 5 heteroatoms. The van der Waals surface area contributed by atoms with E-state index in [4.69, 9.17) is 0 Å². The minimum absolute atomic E-state index is 0.100. The van der Waals surface area contributed by atoms with Gasteiger partial charge in [0.2, 0.25) is 0 Å². The molecular formula is C12H18N4S. The predicted octanol–water partition coefficient (Wildman–Crippen LogP) is 2.38. The monoisotopic (exact) mass is 250 g/mol. The Kier molecular flexibility index (Phi) is 3.59. The Bertz CT molecular complexity index is 459. The van der Waals surface area contributed by atoms with Crippen LogP contribution in [0.4, 0.5) is 0 Å². The molecule has 0 unspecified atom stereocenters. The highest BCUT2D eigenvalue weighted by Crippen LogP contribution is 2.22. The molecule has 2 heterocycles. The maximum absolute atomic E-state index is 4.36. The van der Waals surface area contributed by atoms with E-state index in [0.717, 1.165) is 18.1 Å². The summed E-state index contributed by atoms with van der Waals surface area (Å²) in [5.74, 6) is 0. The summed E-state index contributed by atoms with van der Waals surface area (Å²) in [6.45, 7) is 8.11. The minimum atomic E-state index is -0.100. The van der Waals surface area contributed by atoms with Crippen LogP contribution in [0.3, 0.4) is 0 Å². The second-order valence-electron chi connectivity index (χ2n) is 4.45. The fourth-order valence-corrected chi connectivity index (χ4v) is 2.45. The van der Waals surface area contributed by atoms with Gasteiger partial charge in [0, 0.05) is 30.9 Å². The number of nitrogens with one attached hydrogen (secondary N) is 1. The van der Waals surface area contributed by atoms with Gasteiger partial charge in [-0.25, -0.2) is 4.98 Å². The van der Waals surface area contributed by atoms with Gasteiger partial charge in [-0.05, 0) is 26.8 Å². The first kappa shape index (κ1) is 12.3. The fourth-order valence-electron chi connectivity index (χ4n) is 1.71. The summed E-state index contributed by atoms with van der Waals surface area (Å²) >= 11 is 1.68. The molecule has 0 bridgehead atoms. The van der Waals surface area contributed by atoms with Crippen molar-refractivity contribution in [2.24, 2.45) is 0 Å². The second-order valence-corrected chi connectivity index (χ2v) is 5.35. The molecule has 1 N–H and O–H groups in total. The van der Waals surface area contributed by atoms with Gasteiger partial charge in [0.1, 0.15) is 5.01 Å². The lowest BCUT2D eigenvalue weighted by molar-refractivity contribution is 0.390. The zero-order valence-corrected chi connectivity index (χ0v) is 11.3. The molecule has 0 saturated heterocycles. The summed E-state index contributed by atoms with van der Waals surface area (Å²) in [6.07, 6.45) is 3.69. The van der Waals surface area contributed by atoms with E-state index in [-0.39, 0.29) is 5.54 Å². The van der Waals surface area contributed by atoms with E-state index < -0.39 is 0 Å². The summed E-state index contributed by atoms with van der Waals surface area (Å²) in [5, 5.41) is 10.9. The van der Waals surface area contributed by atoms with Crippen LogP contribution in [0.2, 0.25) is 0 Å². The van der Waals surface area contributed by atoms with Crippen LogP contribution in [-0.2, 0) is 18.6 Å². The molecule has 92 valence electrons. The lowest BCUT2D eigenvalue weighted by atomic mass is 10.1. The highest BCUT2D eigenvalue weighted by Gasteiger charge is 2.22. The Morgan fingerprint density at radius 1 is 1.41 bits per heavy atom. The molecule has 0 radical (unpaired) electrons. The zero-order valence-electron chi connectivity index (χ0n) is 10.5. The Morgan fingerprint density at radius 2 is 2.24 bits per heavy atom. The highest BCUT2D eigenvalue weighted by atomic mass is 32.1. The maximum atomic E-state index is 4.36. The van der Waals surface area contributed by atoms with Crippen molar-refractivity contribution >= 4 is 11.3 Å². The largest absolute Gasteiger partial charge is 0.300 e. The SMILES string of the molecule is CCn1nccc1CNC(C)(C)c1nccs1. The van der Waals surface area contributed by atoms with Gasteiger partial charge < -0.3 is 5.32 Å².